The van der Waals surface area contributed by atoms with E-state index in [9.17, 15) is 4.39 Å². The van der Waals surface area contributed by atoms with Crippen molar-refractivity contribution in [3.8, 4) is 0 Å². The molecule has 3 aliphatic rings. The van der Waals surface area contributed by atoms with Gasteiger partial charge in [-0.15, -0.1) is 12.4 Å². The zero-order valence-electron chi connectivity index (χ0n) is 5.85. The van der Waals surface area contributed by atoms with E-state index >= 15 is 0 Å². The maximum absolute atomic E-state index is 13.1. The molecule has 10 heavy (non-hydrogen) atoms. The minimum Gasteiger partial charge on any atom is -0.328 e. The monoisotopic (exact) mass is 165 g/mol. The van der Waals surface area contributed by atoms with Crippen molar-refractivity contribution < 1.29 is 4.39 Å². The van der Waals surface area contributed by atoms with Crippen LogP contribution >= 0.6 is 12.4 Å². The molecule has 2 N–H and O–H groups in total. The van der Waals surface area contributed by atoms with Gasteiger partial charge in [0.15, 0.2) is 0 Å². The first-order valence-corrected chi connectivity index (χ1v) is 3.62. The van der Waals surface area contributed by atoms with Gasteiger partial charge in [-0.3, -0.25) is 0 Å². The van der Waals surface area contributed by atoms with Crippen LogP contribution in [-0.4, -0.2) is 11.7 Å². The molecule has 0 saturated heterocycles. The van der Waals surface area contributed by atoms with Crippen LogP contribution in [0.2, 0.25) is 0 Å². The van der Waals surface area contributed by atoms with Crippen molar-refractivity contribution in [2.75, 3.05) is 0 Å². The Balaban J connectivity index is 0.000000500. The average Bonchev–Trinajstić information content (AvgIpc) is 1.58. The van der Waals surface area contributed by atoms with E-state index < -0.39 is 5.67 Å². The van der Waals surface area contributed by atoms with Crippen LogP contribution in [0.5, 0.6) is 0 Å². The molecule has 3 aliphatic carbocycles. The van der Waals surface area contributed by atoms with Gasteiger partial charge in [0.25, 0.3) is 0 Å². The van der Waals surface area contributed by atoms with Crippen molar-refractivity contribution in [1.29, 1.82) is 0 Å². The molecule has 0 amide bonds. The highest BCUT2D eigenvalue weighted by atomic mass is 35.5. The highest BCUT2D eigenvalue weighted by Gasteiger charge is 2.50. The van der Waals surface area contributed by atoms with Crippen molar-refractivity contribution in [3.63, 3.8) is 0 Å². The second-order valence-corrected chi connectivity index (χ2v) is 3.63. The maximum Gasteiger partial charge on any atom is 0.113 e. The lowest BCUT2D eigenvalue weighted by Gasteiger charge is -2.49. The van der Waals surface area contributed by atoms with Crippen molar-refractivity contribution in [1.82, 2.24) is 0 Å². The molecule has 1 unspecified atom stereocenters. The van der Waals surface area contributed by atoms with Gasteiger partial charge in [0.2, 0.25) is 0 Å². The Labute approximate surface area is 66.6 Å². The average molecular weight is 166 g/mol. The number of rotatable bonds is 0. The van der Waals surface area contributed by atoms with Crippen LogP contribution in [0.25, 0.3) is 0 Å². The highest BCUT2D eigenvalue weighted by molar-refractivity contribution is 5.85. The molecule has 0 spiro atoms. The predicted molar refractivity (Wildman–Crippen MR) is 41.0 cm³/mol. The highest BCUT2D eigenvalue weighted by Crippen LogP contribution is 2.50. The summed E-state index contributed by atoms with van der Waals surface area (Å²) in [5, 5.41) is 0. The van der Waals surface area contributed by atoms with E-state index in [4.69, 9.17) is 5.73 Å². The third kappa shape index (κ3) is 1.15. The van der Waals surface area contributed by atoms with E-state index in [1.807, 2.05) is 0 Å². The lowest BCUT2D eigenvalue weighted by atomic mass is 9.61. The number of hydrogen-bond donors (Lipinski definition) is 1. The Morgan fingerprint density at radius 1 is 1.30 bits per heavy atom. The normalized spacial score (nSPS) is 51.0. The number of nitrogens with two attached hydrogens (primary N) is 1. The van der Waals surface area contributed by atoms with Crippen LogP contribution in [0.15, 0.2) is 0 Å². The summed E-state index contributed by atoms with van der Waals surface area (Å²) in [6, 6.07) is 0.155. The first kappa shape index (κ1) is 8.28. The van der Waals surface area contributed by atoms with Crippen molar-refractivity contribution >= 4 is 12.4 Å². The van der Waals surface area contributed by atoms with E-state index in [1.54, 1.807) is 0 Å². The fourth-order valence-electron chi connectivity index (χ4n) is 2.29. The zero-order chi connectivity index (χ0) is 6.48. The van der Waals surface area contributed by atoms with E-state index in [0.717, 1.165) is 19.3 Å². The Kier molecular flexibility index (Phi) is 1.94. The Morgan fingerprint density at radius 2 is 1.90 bits per heavy atom. The summed E-state index contributed by atoms with van der Waals surface area (Å²) in [7, 11) is 0. The van der Waals surface area contributed by atoms with Crippen LogP contribution in [0, 0.1) is 5.92 Å². The van der Waals surface area contributed by atoms with E-state index in [-0.39, 0.29) is 18.4 Å². The summed E-state index contributed by atoms with van der Waals surface area (Å²) in [4.78, 5) is 0. The summed E-state index contributed by atoms with van der Waals surface area (Å²) >= 11 is 0. The Hall–Kier alpha value is 0.180. The van der Waals surface area contributed by atoms with Crippen LogP contribution in [0.4, 0.5) is 4.39 Å². The molecule has 3 saturated carbocycles. The standard InChI is InChI=1S/C7H12FN.ClH/c8-7-2-5(3-7)1-6(9)4-7;/h5-6H,1-4,9H2;1H. The quantitative estimate of drug-likeness (QED) is 0.581. The van der Waals surface area contributed by atoms with E-state index in [0.29, 0.717) is 12.3 Å². The maximum atomic E-state index is 13.1. The van der Waals surface area contributed by atoms with Gasteiger partial charge >= 0.3 is 0 Å². The second kappa shape index (κ2) is 2.35. The minimum atomic E-state index is -0.831. The third-order valence-corrected chi connectivity index (χ3v) is 2.57. The van der Waals surface area contributed by atoms with Gasteiger partial charge in [0, 0.05) is 6.04 Å². The molecule has 3 rings (SSSR count). The number of alkyl halides is 1. The van der Waals surface area contributed by atoms with Gasteiger partial charge in [-0.05, 0) is 31.6 Å². The molecule has 0 aliphatic heterocycles. The first-order valence-electron chi connectivity index (χ1n) is 3.62. The summed E-state index contributed by atoms with van der Waals surface area (Å²) in [5.74, 6) is 0.624. The molecule has 1 nitrogen and oxygen atoms in total. The molecule has 3 fully saturated rings. The minimum absolute atomic E-state index is 0. The Morgan fingerprint density at radius 3 is 2.20 bits per heavy atom. The molecular formula is C7H13ClFN. The summed E-state index contributed by atoms with van der Waals surface area (Å²) < 4.78 is 13.1. The van der Waals surface area contributed by atoms with E-state index in [2.05, 4.69) is 0 Å². The van der Waals surface area contributed by atoms with Crippen LogP contribution in [-0.2, 0) is 0 Å². The largest absolute Gasteiger partial charge is 0.328 e. The molecule has 2 bridgehead atoms. The molecule has 0 aromatic rings. The Bertz CT molecular complexity index is 131. The van der Waals surface area contributed by atoms with E-state index in [1.165, 1.54) is 0 Å². The molecule has 0 aromatic heterocycles. The van der Waals surface area contributed by atoms with Crippen LogP contribution in [0.1, 0.15) is 25.7 Å². The molecule has 1 atom stereocenters. The predicted octanol–water partition coefficient (Wildman–Crippen LogP) is 1.65. The molecule has 60 valence electrons. The molecule has 0 aromatic carbocycles. The first-order chi connectivity index (χ1) is 4.18. The van der Waals surface area contributed by atoms with Crippen molar-refractivity contribution in [3.05, 3.63) is 0 Å². The third-order valence-electron chi connectivity index (χ3n) is 2.57. The van der Waals surface area contributed by atoms with Gasteiger partial charge in [-0.25, -0.2) is 4.39 Å². The SMILES string of the molecule is Cl.NC1CC2CC(F)(C1)C2. The van der Waals surface area contributed by atoms with Crippen LogP contribution in [0.3, 0.4) is 0 Å². The summed E-state index contributed by atoms with van der Waals surface area (Å²) in [5.41, 5.74) is 4.77. The van der Waals surface area contributed by atoms with Gasteiger partial charge in [-0.2, -0.15) is 0 Å². The topological polar surface area (TPSA) is 26.0 Å². The van der Waals surface area contributed by atoms with Gasteiger partial charge in [0.1, 0.15) is 5.67 Å². The molecule has 0 heterocycles. The number of halogens is 2. The summed E-state index contributed by atoms with van der Waals surface area (Å²) in [6.45, 7) is 0. The van der Waals surface area contributed by atoms with Gasteiger partial charge in [0.05, 0.1) is 0 Å². The molecular weight excluding hydrogens is 153 g/mol. The number of hydrogen-bond acceptors (Lipinski definition) is 1. The van der Waals surface area contributed by atoms with Crippen LogP contribution < -0.4 is 5.73 Å². The van der Waals surface area contributed by atoms with Crippen molar-refractivity contribution in [2.24, 2.45) is 11.7 Å². The molecule has 3 heteroatoms. The number of fused-ring (bicyclic) bond motifs is 2. The molecule has 0 radical (unpaired) electrons. The lowest BCUT2D eigenvalue weighted by Crippen LogP contribution is -2.51. The van der Waals surface area contributed by atoms with Gasteiger partial charge in [-0.1, -0.05) is 0 Å². The smallest absolute Gasteiger partial charge is 0.113 e. The lowest BCUT2D eigenvalue weighted by molar-refractivity contribution is -0.0477. The summed E-state index contributed by atoms with van der Waals surface area (Å²) in [6.07, 6.45) is 3.26. The fraction of sp³-hybridized carbons (Fsp3) is 1.00. The zero-order valence-corrected chi connectivity index (χ0v) is 6.66. The van der Waals surface area contributed by atoms with Crippen molar-refractivity contribution in [2.45, 2.75) is 37.4 Å². The van der Waals surface area contributed by atoms with Gasteiger partial charge < -0.3 is 5.73 Å². The fourth-order valence-corrected chi connectivity index (χ4v) is 2.29. The second-order valence-electron chi connectivity index (χ2n) is 3.63.